The molecule has 2 atom stereocenters. The molecule has 0 spiro atoms. The quantitative estimate of drug-likeness (QED) is 0.796. The lowest BCUT2D eigenvalue weighted by Crippen LogP contribution is -2.41. The Balaban J connectivity index is 1.60. The van der Waals surface area contributed by atoms with E-state index in [2.05, 4.69) is 5.32 Å². The van der Waals surface area contributed by atoms with Gasteiger partial charge in [0.05, 0.1) is 25.9 Å². The van der Waals surface area contributed by atoms with Gasteiger partial charge in [-0.3, -0.25) is 0 Å². The third-order valence-electron chi connectivity index (χ3n) is 3.33. The molecule has 1 aromatic rings. The van der Waals surface area contributed by atoms with Crippen LogP contribution in [-0.4, -0.2) is 43.6 Å². The molecule has 1 aliphatic heterocycles. The molecule has 1 saturated heterocycles. The lowest BCUT2D eigenvalue weighted by molar-refractivity contribution is 0.0197. The maximum atomic E-state index is 13.3. The van der Waals surface area contributed by atoms with E-state index < -0.39 is 6.10 Å². The molecule has 0 aliphatic carbocycles. The van der Waals surface area contributed by atoms with Crippen LogP contribution in [0.3, 0.4) is 0 Å². The maximum Gasteiger partial charge on any atom is 0.128 e. The van der Waals surface area contributed by atoms with Crippen molar-refractivity contribution in [1.29, 1.82) is 0 Å². The van der Waals surface area contributed by atoms with Gasteiger partial charge in [-0.2, -0.15) is 0 Å². The molecule has 0 saturated carbocycles. The van der Waals surface area contributed by atoms with Crippen LogP contribution < -0.4 is 5.32 Å². The van der Waals surface area contributed by atoms with Gasteiger partial charge in [0.2, 0.25) is 0 Å². The van der Waals surface area contributed by atoms with E-state index in [0.29, 0.717) is 24.8 Å². The summed E-state index contributed by atoms with van der Waals surface area (Å²) >= 11 is 0. The van der Waals surface area contributed by atoms with Crippen molar-refractivity contribution in [3.8, 4) is 0 Å². The van der Waals surface area contributed by atoms with Crippen LogP contribution in [0.15, 0.2) is 24.3 Å². The summed E-state index contributed by atoms with van der Waals surface area (Å²) < 4.78 is 24.0. The number of aliphatic hydroxyl groups is 1. The average Bonchev–Trinajstić information content (AvgIpc) is 2.48. The van der Waals surface area contributed by atoms with Crippen molar-refractivity contribution in [3.63, 3.8) is 0 Å². The molecule has 0 aromatic heterocycles. The first-order chi connectivity index (χ1) is 9.75. The van der Waals surface area contributed by atoms with Gasteiger partial charge in [-0.05, 0) is 18.9 Å². The standard InChI is InChI=1S/C15H22FNO3/c16-15-6-2-1-4-12(15)9-20-11-14(18)8-17-13-5-3-7-19-10-13/h1-2,4,6,13-14,17-18H,3,5,7-11H2. The van der Waals surface area contributed by atoms with Crippen LogP contribution in [0, 0.1) is 5.82 Å². The molecule has 0 amide bonds. The molecule has 1 heterocycles. The Morgan fingerprint density at radius 3 is 3.05 bits per heavy atom. The minimum atomic E-state index is -0.594. The second-order valence-corrected chi connectivity index (χ2v) is 5.08. The maximum absolute atomic E-state index is 13.3. The summed E-state index contributed by atoms with van der Waals surface area (Å²) in [4.78, 5) is 0. The molecule has 112 valence electrons. The van der Waals surface area contributed by atoms with Crippen molar-refractivity contribution in [3.05, 3.63) is 35.6 Å². The molecule has 2 unspecified atom stereocenters. The fraction of sp³-hybridized carbons (Fsp3) is 0.600. The van der Waals surface area contributed by atoms with Crippen molar-refractivity contribution < 1.29 is 19.0 Å². The average molecular weight is 283 g/mol. The van der Waals surface area contributed by atoms with E-state index in [-0.39, 0.29) is 19.0 Å². The van der Waals surface area contributed by atoms with Crippen molar-refractivity contribution in [2.75, 3.05) is 26.4 Å². The first kappa shape index (κ1) is 15.4. The van der Waals surface area contributed by atoms with Gasteiger partial charge in [0.25, 0.3) is 0 Å². The van der Waals surface area contributed by atoms with Gasteiger partial charge in [0.15, 0.2) is 0 Å². The zero-order chi connectivity index (χ0) is 14.2. The zero-order valence-electron chi connectivity index (χ0n) is 11.6. The molecule has 2 rings (SSSR count). The van der Waals surface area contributed by atoms with Gasteiger partial charge >= 0.3 is 0 Å². The predicted molar refractivity (Wildman–Crippen MR) is 73.9 cm³/mol. The van der Waals surface area contributed by atoms with Crippen LogP contribution in [-0.2, 0) is 16.1 Å². The topological polar surface area (TPSA) is 50.7 Å². The van der Waals surface area contributed by atoms with Crippen molar-refractivity contribution in [1.82, 2.24) is 5.32 Å². The summed E-state index contributed by atoms with van der Waals surface area (Å²) in [6.45, 7) is 2.35. The Labute approximate surface area is 118 Å². The minimum Gasteiger partial charge on any atom is -0.389 e. The van der Waals surface area contributed by atoms with Gasteiger partial charge in [-0.25, -0.2) is 4.39 Å². The number of hydrogen-bond acceptors (Lipinski definition) is 4. The van der Waals surface area contributed by atoms with Gasteiger partial charge in [-0.1, -0.05) is 18.2 Å². The van der Waals surface area contributed by atoms with Crippen molar-refractivity contribution >= 4 is 0 Å². The number of benzene rings is 1. The summed E-state index contributed by atoms with van der Waals surface area (Å²) in [6.07, 6.45) is 1.53. The highest BCUT2D eigenvalue weighted by Gasteiger charge is 2.14. The highest BCUT2D eigenvalue weighted by atomic mass is 19.1. The first-order valence-corrected chi connectivity index (χ1v) is 7.06. The van der Waals surface area contributed by atoms with E-state index in [1.165, 1.54) is 6.07 Å². The molecular formula is C15H22FNO3. The second-order valence-electron chi connectivity index (χ2n) is 5.08. The zero-order valence-corrected chi connectivity index (χ0v) is 11.6. The number of hydrogen-bond donors (Lipinski definition) is 2. The summed E-state index contributed by atoms with van der Waals surface area (Å²) in [5, 5.41) is 13.1. The number of nitrogens with one attached hydrogen (secondary N) is 1. The third-order valence-corrected chi connectivity index (χ3v) is 3.33. The molecule has 1 aromatic carbocycles. The van der Waals surface area contributed by atoms with E-state index in [1.54, 1.807) is 18.2 Å². The SMILES string of the molecule is OC(CNC1CCCOC1)COCc1ccccc1F. The summed E-state index contributed by atoms with van der Waals surface area (Å²) in [5.41, 5.74) is 0.508. The van der Waals surface area contributed by atoms with Crippen LogP contribution in [0.2, 0.25) is 0 Å². The highest BCUT2D eigenvalue weighted by Crippen LogP contribution is 2.08. The number of aliphatic hydroxyl groups excluding tert-OH is 1. The molecule has 20 heavy (non-hydrogen) atoms. The Morgan fingerprint density at radius 2 is 2.30 bits per heavy atom. The van der Waals surface area contributed by atoms with Crippen LogP contribution in [0.1, 0.15) is 18.4 Å². The summed E-state index contributed by atoms with van der Waals surface area (Å²) in [5.74, 6) is -0.278. The van der Waals surface area contributed by atoms with E-state index in [9.17, 15) is 9.50 Å². The number of rotatable bonds is 7. The fourth-order valence-corrected chi connectivity index (χ4v) is 2.18. The summed E-state index contributed by atoms with van der Waals surface area (Å²) in [7, 11) is 0. The smallest absolute Gasteiger partial charge is 0.128 e. The van der Waals surface area contributed by atoms with Crippen molar-refractivity contribution in [2.45, 2.75) is 31.6 Å². The Bertz CT molecular complexity index is 396. The Morgan fingerprint density at radius 1 is 1.45 bits per heavy atom. The van der Waals surface area contributed by atoms with E-state index in [1.807, 2.05) is 0 Å². The minimum absolute atomic E-state index is 0.177. The molecule has 4 nitrogen and oxygen atoms in total. The molecular weight excluding hydrogens is 261 g/mol. The monoisotopic (exact) mass is 283 g/mol. The fourth-order valence-electron chi connectivity index (χ4n) is 2.18. The lowest BCUT2D eigenvalue weighted by Gasteiger charge is -2.24. The van der Waals surface area contributed by atoms with Gasteiger partial charge in [-0.15, -0.1) is 0 Å². The highest BCUT2D eigenvalue weighted by molar-refractivity contribution is 5.16. The molecule has 0 bridgehead atoms. The molecule has 5 heteroatoms. The summed E-state index contributed by atoms with van der Waals surface area (Å²) in [6, 6.07) is 6.80. The van der Waals surface area contributed by atoms with E-state index >= 15 is 0 Å². The molecule has 2 N–H and O–H groups in total. The van der Waals surface area contributed by atoms with Crippen LogP contribution in [0.4, 0.5) is 4.39 Å². The Hall–Kier alpha value is -1.01. The van der Waals surface area contributed by atoms with Crippen LogP contribution >= 0.6 is 0 Å². The normalized spacial score (nSPS) is 20.8. The van der Waals surface area contributed by atoms with E-state index in [0.717, 1.165) is 19.4 Å². The Kier molecular flexibility index (Phi) is 6.39. The van der Waals surface area contributed by atoms with Crippen LogP contribution in [0.5, 0.6) is 0 Å². The number of ether oxygens (including phenoxy) is 2. The van der Waals surface area contributed by atoms with Gasteiger partial charge in [0.1, 0.15) is 5.82 Å². The van der Waals surface area contributed by atoms with Gasteiger partial charge < -0.3 is 19.9 Å². The second kappa shape index (κ2) is 8.32. The molecule has 1 fully saturated rings. The molecule has 0 radical (unpaired) electrons. The predicted octanol–water partition coefficient (Wildman–Crippen LogP) is 1.47. The van der Waals surface area contributed by atoms with Crippen molar-refractivity contribution in [2.24, 2.45) is 0 Å². The largest absolute Gasteiger partial charge is 0.389 e. The molecule has 1 aliphatic rings. The van der Waals surface area contributed by atoms with Crippen LogP contribution in [0.25, 0.3) is 0 Å². The first-order valence-electron chi connectivity index (χ1n) is 7.06. The van der Waals surface area contributed by atoms with E-state index in [4.69, 9.17) is 9.47 Å². The van der Waals surface area contributed by atoms with Gasteiger partial charge in [0, 0.05) is 24.8 Å². The lowest BCUT2D eigenvalue weighted by atomic mass is 10.1. The number of halogens is 1. The third kappa shape index (κ3) is 5.17.